The minimum atomic E-state index is 0.167. The molecule has 5 rings (SSSR count). The van der Waals surface area contributed by atoms with E-state index in [9.17, 15) is 9.59 Å². The Balaban J connectivity index is 1.35. The fraction of sp³-hybridized carbons (Fsp3) is 0.429. The molecule has 0 unspecified atom stereocenters. The van der Waals surface area contributed by atoms with Crippen LogP contribution in [0.25, 0.3) is 12.2 Å². The molecule has 31 heavy (non-hydrogen) atoms. The summed E-state index contributed by atoms with van der Waals surface area (Å²) < 4.78 is 0. The van der Waals surface area contributed by atoms with Gasteiger partial charge in [-0.3, -0.25) is 9.59 Å². The molecular formula is C28H31NO2. The van der Waals surface area contributed by atoms with Crippen molar-refractivity contribution < 1.29 is 9.59 Å². The molecule has 1 aliphatic heterocycles. The first-order chi connectivity index (χ1) is 15.1. The highest BCUT2D eigenvalue weighted by molar-refractivity contribution is 5.96. The second-order valence-electron chi connectivity index (χ2n) is 9.38. The van der Waals surface area contributed by atoms with Gasteiger partial charge in [0.2, 0.25) is 5.91 Å². The molecule has 2 aromatic rings. The third kappa shape index (κ3) is 3.98. The molecule has 2 aromatic carbocycles. The van der Waals surface area contributed by atoms with Crippen LogP contribution in [0.15, 0.2) is 30.3 Å². The number of ketones is 1. The van der Waals surface area contributed by atoms with Gasteiger partial charge in [-0.25, -0.2) is 0 Å². The number of hydrogen-bond donors (Lipinski definition) is 0. The number of carbonyl (C=O) groups excluding carboxylic acids is 2. The number of carbonyl (C=O) groups is 2. The first kappa shape index (κ1) is 20.2. The molecule has 3 nitrogen and oxygen atoms in total. The van der Waals surface area contributed by atoms with E-state index in [2.05, 4.69) is 36.4 Å². The smallest absolute Gasteiger partial charge is 0.219 e. The summed E-state index contributed by atoms with van der Waals surface area (Å²) in [6.45, 7) is 3.31. The summed E-state index contributed by atoms with van der Waals surface area (Å²) in [4.78, 5) is 26.3. The van der Waals surface area contributed by atoms with E-state index in [1.165, 1.54) is 51.3 Å². The minimum absolute atomic E-state index is 0.167. The van der Waals surface area contributed by atoms with Gasteiger partial charge in [0.15, 0.2) is 5.78 Å². The first-order valence-corrected chi connectivity index (χ1v) is 11.8. The summed E-state index contributed by atoms with van der Waals surface area (Å²) in [6, 6.07) is 10.8. The van der Waals surface area contributed by atoms with Gasteiger partial charge in [-0.2, -0.15) is 0 Å². The molecule has 1 amide bonds. The SMILES string of the molecule is CC(=O)N1CCC(CCC(=O)c2ccc3c(c2)=CCc2c4c(ccc2=3)=CCCC4)CC1. The average molecular weight is 414 g/mol. The van der Waals surface area contributed by atoms with Crippen molar-refractivity contribution in [2.75, 3.05) is 13.1 Å². The lowest BCUT2D eigenvalue weighted by atomic mass is 9.88. The fourth-order valence-corrected chi connectivity index (χ4v) is 5.60. The van der Waals surface area contributed by atoms with Gasteiger partial charge in [-0.1, -0.05) is 36.4 Å². The van der Waals surface area contributed by atoms with Gasteiger partial charge in [0.05, 0.1) is 0 Å². The molecule has 1 fully saturated rings. The maximum atomic E-state index is 12.9. The predicted molar refractivity (Wildman–Crippen MR) is 124 cm³/mol. The Morgan fingerprint density at radius 2 is 1.77 bits per heavy atom. The van der Waals surface area contributed by atoms with Crippen LogP contribution in [0, 0.1) is 16.4 Å². The molecular weight excluding hydrogens is 382 g/mol. The van der Waals surface area contributed by atoms with Gasteiger partial charge in [0.25, 0.3) is 0 Å². The number of benzene rings is 2. The summed E-state index contributed by atoms with van der Waals surface area (Å²) in [6.07, 6.45) is 12.8. The highest BCUT2D eigenvalue weighted by atomic mass is 16.2. The molecule has 0 N–H and O–H groups in total. The van der Waals surface area contributed by atoms with Crippen molar-refractivity contribution in [2.45, 2.75) is 58.3 Å². The van der Waals surface area contributed by atoms with Crippen LogP contribution in [-0.2, 0) is 17.6 Å². The van der Waals surface area contributed by atoms with E-state index in [0.717, 1.165) is 44.3 Å². The molecule has 2 aliphatic carbocycles. The quantitative estimate of drug-likeness (QED) is 0.718. The van der Waals surface area contributed by atoms with E-state index in [1.54, 1.807) is 6.92 Å². The minimum Gasteiger partial charge on any atom is -0.343 e. The topological polar surface area (TPSA) is 37.4 Å². The number of hydrogen-bond acceptors (Lipinski definition) is 2. The van der Waals surface area contributed by atoms with Crippen LogP contribution in [0.4, 0.5) is 0 Å². The number of Topliss-reactive ketones (excluding diaryl/α,β-unsaturated/α-hetero) is 1. The largest absolute Gasteiger partial charge is 0.343 e. The van der Waals surface area contributed by atoms with E-state index in [0.29, 0.717) is 12.3 Å². The highest BCUT2D eigenvalue weighted by Crippen LogP contribution is 2.23. The van der Waals surface area contributed by atoms with Crippen molar-refractivity contribution in [3.8, 4) is 0 Å². The molecule has 160 valence electrons. The van der Waals surface area contributed by atoms with Crippen molar-refractivity contribution in [3.05, 3.63) is 67.9 Å². The van der Waals surface area contributed by atoms with Gasteiger partial charge in [-0.05, 0) is 88.9 Å². The number of rotatable bonds is 4. The van der Waals surface area contributed by atoms with Crippen LogP contribution in [0.5, 0.6) is 0 Å². The Kier molecular flexibility index (Phi) is 5.52. The summed E-state index contributed by atoms with van der Waals surface area (Å²) in [5.74, 6) is 0.967. The molecule has 0 radical (unpaired) electrons. The molecule has 1 saturated heterocycles. The Hall–Kier alpha value is -2.68. The van der Waals surface area contributed by atoms with Gasteiger partial charge in [0, 0.05) is 32.0 Å². The lowest BCUT2D eigenvalue weighted by Gasteiger charge is -2.31. The van der Waals surface area contributed by atoms with Crippen LogP contribution in [0.3, 0.4) is 0 Å². The number of piperidine rings is 1. The molecule has 0 atom stereocenters. The first-order valence-electron chi connectivity index (χ1n) is 11.8. The van der Waals surface area contributed by atoms with Crippen LogP contribution in [0.2, 0.25) is 0 Å². The zero-order valence-electron chi connectivity index (χ0n) is 18.5. The molecule has 3 heteroatoms. The van der Waals surface area contributed by atoms with E-state index in [-0.39, 0.29) is 11.7 Å². The van der Waals surface area contributed by atoms with Crippen molar-refractivity contribution >= 4 is 23.8 Å². The fourth-order valence-electron chi connectivity index (χ4n) is 5.60. The lowest BCUT2D eigenvalue weighted by molar-refractivity contribution is -0.130. The van der Waals surface area contributed by atoms with E-state index in [1.807, 2.05) is 11.0 Å². The van der Waals surface area contributed by atoms with E-state index >= 15 is 0 Å². The number of fused-ring (bicyclic) bond motifs is 4. The van der Waals surface area contributed by atoms with Gasteiger partial charge in [0.1, 0.15) is 0 Å². The Bertz CT molecular complexity index is 1250. The molecule has 0 saturated carbocycles. The summed E-state index contributed by atoms with van der Waals surface area (Å²) in [5, 5.41) is 5.24. The molecule has 0 bridgehead atoms. The number of likely N-dealkylation sites (tertiary alicyclic amines) is 1. The normalized spacial score (nSPS) is 17.6. The van der Waals surface area contributed by atoms with Crippen LogP contribution < -0.4 is 10.4 Å². The second kappa shape index (κ2) is 8.45. The van der Waals surface area contributed by atoms with E-state index < -0.39 is 0 Å². The van der Waals surface area contributed by atoms with Gasteiger partial charge in [-0.15, -0.1) is 0 Å². The maximum absolute atomic E-state index is 12.9. The highest BCUT2D eigenvalue weighted by Gasteiger charge is 2.21. The Morgan fingerprint density at radius 3 is 2.58 bits per heavy atom. The standard InChI is InChI=1S/C28H31NO2/c1-19(30)29-16-14-20(15-17-29)6-13-28(31)23-9-10-25-22(18-23)8-12-26-24-5-3-2-4-21(24)7-11-27(25)26/h4,7-11,18,20H,2-3,5-6,12-17H2,1H3. The van der Waals surface area contributed by atoms with Crippen LogP contribution in [0.1, 0.15) is 66.9 Å². The summed E-state index contributed by atoms with van der Waals surface area (Å²) >= 11 is 0. The van der Waals surface area contributed by atoms with Crippen molar-refractivity contribution in [1.29, 1.82) is 0 Å². The van der Waals surface area contributed by atoms with Gasteiger partial charge < -0.3 is 4.90 Å². The predicted octanol–water partition coefficient (Wildman–Crippen LogP) is 3.65. The monoisotopic (exact) mass is 413 g/mol. The van der Waals surface area contributed by atoms with Gasteiger partial charge >= 0.3 is 0 Å². The number of amides is 1. The van der Waals surface area contributed by atoms with Crippen LogP contribution in [-0.4, -0.2) is 29.7 Å². The lowest BCUT2D eigenvalue weighted by Crippen LogP contribution is -2.37. The Morgan fingerprint density at radius 1 is 0.968 bits per heavy atom. The Labute approximate surface area is 183 Å². The molecule has 1 heterocycles. The maximum Gasteiger partial charge on any atom is 0.219 e. The summed E-state index contributed by atoms with van der Waals surface area (Å²) in [7, 11) is 0. The summed E-state index contributed by atoms with van der Waals surface area (Å²) in [5.41, 5.74) is 3.85. The van der Waals surface area contributed by atoms with Crippen molar-refractivity contribution in [1.82, 2.24) is 4.90 Å². The van der Waals surface area contributed by atoms with E-state index in [4.69, 9.17) is 0 Å². The average Bonchev–Trinajstić information content (AvgIpc) is 2.82. The van der Waals surface area contributed by atoms with Crippen molar-refractivity contribution in [2.24, 2.45) is 5.92 Å². The molecule has 3 aliphatic rings. The third-order valence-corrected chi connectivity index (χ3v) is 7.49. The zero-order chi connectivity index (χ0) is 21.4. The zero-order valence-corrected chi connectivity index (χ0v) is 18.5. The van der Waals surface area contributed by atoms with Crippen LogP contribution >= 0.6 is 0 Å². The number of nitrogens with zero attached hydrogens (tertiary/aromatic N) is 1. The molecule has 0 aromatic heterocycles. The second-order valence-corrected chi connectivity index (χ2v) is 9.38. The van der Waals surface area contributed by atoms with Crippen molar-refractivity contribution in [3.63, 3.8) is 0 Å². The molecule has 0 spiro atoms. The third-order valence-electron chi connectivity index (χ3n) is 7.49.